The summed E-state index contributed by atoms with van der Waals surface area (Å²) in [6, 6.07) is 5.75. The molecule has 0 atom stereocenters. The van der Waals surface area contributed by atoms with Crippen LogP contribution in [0.5, 0.6) is 11.5 Å². The van der Waals surface area contributed by atoms with Crippen LogP contribution in [-0.4, -0.2) is 43.0 Å². The van der Waals surface area contributed by atoms with Crippen LogP contribution in [0.25, 0.3) is 0 Å². The van der Waals surface area contributed by atoms with Gasteiger partial charge in [0.1, 0.15) is 0 Å². The SMILES string of the molecule is CCOc1ccc(CNCCNC(=O)c2nonc2N)cc1OC.Cl. The third kappa shape index (κ3) is 5.80. The highest BCUT2D eigenvalue weighted by Gasteiger charge is 2.14. The number of ether oxygens (including phenoxy) is 2. The quantitative estimate of drug-likeness (QED) is 0.557. The number of aromatic nitrogens is 2. The zero-order valence-corrected chi connectivity index (χ0v) is 14.9. The van der Waals surface area contributed by atoms with Gasteiger partial charge in [-0.2, -0.15) is 0 Å². The number of halogens is 1. The molecule has 2 rings (SSSR count). The van der Waals surface area contributed by atoms with Crippen LogP contribution in [-0.2, 0) is 6.54 Å². The predicted octanol–water partition coefficient (Wildman–Crippen LogP) is 1.00. The summed E-state index contributed by atoms with van der Waals surface area (Å²) < 4.78 is 15.2. The fourth-order valence-corrected chi connectivity index (χ4v) is 2.03. The second-order valence-electron chi connectivity index (χ2n) is 4.85. The first-order chi connectivity index (χ1) is 11.7. The van der Waals surface area contributed by atoms with Crippen molar-refractivity contribution in [2.45, 2.75) is 13.5 Å². The van der Waals surface area contributed by atoms with Gasteiger partial charge < -0.3 is 25.8 Å². The van der Waals surface area contributed by atoms with Crippen molar-refractivity contribution in [3.8, 4) is 11.5 Å². The minimum atomic E-state index is -0.418. The van der Waals surface area contributed by atoms with Crippen LogP contribution >= 0.6 is 12.4 Å². The number of nitrogens with zero attached hydrogens (tertiary/aromatic N) is 2. The molecule has 0 unspecified atom stereocenters. The summed E-state index contributed by atoms with van der Waals surface area (Å²) in [5.41, 5.74) is 6.48. The Hall–Kier alpha value is -2.52. The molecule has 4 N–H and O–H groups in total. The Morgan fingerprint density at radius 1 is 1.28 bits per heavy atom. The number of nitrogens with two attached hydrogens (primary N) is 1. The average Bonchev–Trinajstić information content (AvgIpc) is 3.02. The summed E-state index contributed by atoms with van der Waals surface area (Å²) in [7, 11) is 1.61. The fourth-order valence-electron chi connectivity index (χ4n) is 2.03. The van der Waals surface area contributed by atoms with E-state index in [9.17, 15) is 4.79 Å². The fraction of sp³-hybridized carbons (Fsp3) is 0.400. The second-order valence-corrected chi connectivity index (χ2v) is 4.85. The van der Waals surface area contributed by atoms with E-state index in [0.29, 0.717) is 32.0 Å². The molecule has 0 radical (unpaired) electrons. The number of nitrogen functional groups attached to an aromatic ring is 1. The van der Waals surface area contributed by atoms with Crippen molar-refractivity contribution in [2.24, 2.45) is 0 Å². The Bertz CT molecular complexity index is 680. The molecule has 10 heteroatoms. The van der Waals surface area contributed by atoms with Crippen molar-refractivity contribution in [3.05, 3.63) is 29.5 Å². The number of hydrogen-bond donors (Lipinski definition) is 3. The summed E-state index contributed by atoms with van der Waals surface area (Å²) in [6.07, 6.45) is 0. The molecule has 25 heavy (non-hydrogen) atoms. The van der Waals surface area contributed by atoms with Gasteiger partial charge in [0.05, 0.1) is 13.7 Å². The van der Waals surface area contributed by atoms with Crippen LogP contribution in [0.1, 0.15) is 23.0 Å². The van der Waals surface area contributed by atoms with Crippen molar-refractivity contribution in [2.75, 3.05) is 32.5 Å². The largest absolute Gasteiger partial charge is 0.493 e. The van der Waals surface area contributed by atoms with E-state index < -0.39 is 5.91 Å². The summed E-state index contributed by atoms with van der Waals surface area (Å²) in [4.78, 5) is 11.7. The van der Waals surface area contributed by atoms with Gasteiger partial charge in [0.25, 0.3) is 5.91 Å². The molecular formula is C15H22ClN5O4. The maximum atomic E-state index is 11.7. The lowest BCUT2D eigenvalue weighted by atomic mass is 10.2. The Labute approximate surface area is 151 Å². The van der Waals surface area contributed by atoms with Crippen molar-refractivity contribution in [3.63, 3.8) is 0 Å². The molecule has 1 aromatic heterocycles. The lowest BCUT2D eigenvalue weighted by Crippen LogP contribution is -2.32. The Morgan fingerprint density at radius 3 is 2.72 bits per heavy atom. The first kappa shape index (κ1) is 20.5. The van der Waals surface area contributed by atoms with Gasteiger partial charge in [-0.15, -0.1) is 12.4 Å². The standard InChI is InChI=1S/C15H21N5O4.ClH/c1-3-23-11-5-4-10(8-12(11)22-2)9-17-6-7-18-15(21)13-14(16)20-24-19-13;/h4-5,8,17H,3,6-7,9H2,1-2H3,(H2,16,20)(H,18,21);1H. The molecule has 1 amide bonds. The van der Waals surface area contributed by atoms with Gasteiger partial charge in [0.15, 0.2) is 11.5 Å². The van der Waals surface area contributed by atoms with Gasteiger partial charge >= 0.3 is 0 Å². The van der Waals surface area contributed by atoms with E-state index >= 15 is 0 Å². The number of methoxy groups -OCH3 is 1. The zero-order valence-electron chi connectivity index (χ0n) is 14.1. The molecule has 0 saturated carbocycles. The van der Waals surface area contributed by atoms with Gasteiger partial charge in [0, 0.05) is 19.6 Å². The van der Waals surface area contributed by atoms with Crippen LogP contribution in [0, 0.1) is 0 Å². The van der Waals surface area contributed by atoms with Gasteiger partial charge in [-0.25, -0.2) is 4.63 Å². The highest BCUT2D eigenvalue weighted by Crippen LogP contribution is 2.27. The normalized spacial score (nSPS) is 10.0. The third-order valence-corrected chi connectivity index (χ3v) is 3.17. The first-order valence-electron chi connectivity index (χ1n) is 7.52. The smallest absolute Gasteiger partial charge is 0.277 e. The Morgan fingerprint density at radius 2 is 2.08 bits per heavy atom. The number of amides is 1. The monoisotopic (exact) mass is 371 g/mol. The van der Waals surface area contributed by atoms with Crippen molar-refractivity contribution in [1.82, 2.24) is 20.9 Å². The molecular weight excluding hydrogens is 350 g/mol. The molecule has 1 heterocycles. The molecule has 0 spiro atoms. The Balaban J connectivity index is 0.00000312. The van der Waals surface area contributed by atoms with Crippen molar-refractivity contribution in [1.29, 1.82) is 0 Å². The molecule has 9 nitrogen and oxygen atoms in total. The molecule has 0 fully saturated rings. The molecule has 1 aromatic carbocycles. The third-order valence-electron chi connectivity index (χ3n) is 3.17. The van der Waals surface area contributed by atoms with Crippen molar-refractivity contribution < 1.29 is 18.9 Å². The van der Waals surface area contributed by atoms with E-state index in [0.717, 1.165) is 11.3 Å². The molecule has 0 bridgehead atoms. The lowest BCUT2D eigenvalue weighted by molar-refractivity contribution is 0.0944. The van der Waals surface area contributed by atoms with Crippen molar-refractivity contribution >= 4 is 24.1 Å². The van der Waals surface area contributed by atoms with E-state index in [4.69, 9.17) is 15.2 Å². The number of carbonyl (C=O) groups is 1. The van der Waals surface area contributed by atoms with E-state index in [1.807, 2.05) is 25.1 Å². The van der Waals surface area contributed by atoms with E-state index in [1.165, 1.54) is 0 Å². The summed E-state index contributed by atoms with van der Waals surface area (Å²) >= 11 is 0. The summed E-state index contributed by atoms with van der Waals surface area (Å²) in [5, 5.41) is 12.7. The number of anilines is 1. The molecule has 2 aromatic rings. The number of hydrogen-bond acceptors (Lipinski definition) is 8. The predicted molar refractivity (Wildman–Crippen MR) is 94.2 cm³/mol. The van der Waals surface area contributed by atoms with Crippen LogP contribution in [0.15, 0.2) is 22.8 Å². The van der Waals surface area contributed by atoms with Crippen LogP contribution < -0.4 is 25.8 Å². The van der Waals surface area contributed by atoms with Gasteiger partial charge in [-0.05, 0) is 34.9 Å². The summed E-state index contributed by atoms with van der Waals surface area (Å²) in [6.45, 7) is 4.13. The molecule has 138 valence electrons. The number of rotatable bonds is 9. The van der Waals surface area contributed by atoms with Gasteiger partial charge in [-0.3, -0.25) is 4.79 Å². The average molecular weight is 372 g/mol. The number of benzene rings is 1. The van der Waals surface area contributed by atoms with E-state index in [-0.39, 0.29) is 23.9 Å². The van der Waals surface area contributed by atoms with E-state index in [2.05, 4.69) is 25.6 Å². The van der Waals surface area contributed by atoms with Crippen LogP contribution in [0.2, 0.25) is 0 Å². The highest BCUT2D eigenvalue weighted by atomic mass is 35.5. The van der Waals surface area contributed by atoms with Gasteiger partial charge in [0.2, 0.25) is 11.5 Å². The van der Waals surface area contributed by atoms with Crippen LogP contribution in [0.3, 0.4) is 0 Å². The maximum Gasteiger partial charge on any atom is 0.277 e. The zero-order chi connectivity index (χ0) is 17.4. The maximum absolute atomic E-state index is 11.7. The van der Waals surface area contributed by atoms with Crippen LogP contribution in [0.4, 0.5) is 5.82 Å². The number of nitrogens with one attached hydrogen (secondary N) is 2. The second kappa shape index (κ2) is 10.4. The molecule has 0 aliphatic heterocycles. The minimum Gasteiger partial charge on any atom is -0.493 e. The lowest BCUT2D eigenvalue weighted by Gasteiger charge is -2.11. The molecule has 0 saturated heterocycles. The topological polar surface area (TPSA) is 125 Å². The van der Waals surface area contributed by atoms with Gasteiger partial charge in [-0.1, -0.05) is 6.07 Å². The minimum absolute atomic E-state index is 0. The molecule has 0 aliphatic carbocycles. The first-order valence-corrected chi connectivity index (χ1v) is 7.52. The molecule has 0 aliphatic rings. The van der Waals surface area contributed by atoms with E-state index in [1.54, 1.807) is 7.11 Å². The Kier molecular flexibility index (Phi) is 8.51. The highest BCUT2D eigenvalue weighted by molar-refractivity contribution is 5.95. The number of carbonyl (C=O) groups excluding carboxylic acids is 1. The summed E-state index contributed by atoms with van der Waals surface area (Å²) in [5.74, 6) is 0.966.